The van der Waals surface area contributed by atoms with Gasteiger partial charge in [0.1, 0.15) is 0 Å². The molecule has 2 aromatic heterocycles. The van der Waals surface area contributed by atoms with Crippen molar-refractivity contribution in [2.24, 2.45) is 5.92 Å². The van der Waals surface area contributed by atoms with E-state index in [1.165, 1.54) is 35.9 Å². The molecule has 1 aliphatic rings. The van der Waals surface area contributed by atoms with Crippen LogP contribution in [0.2, 0.25) is 0 Å². The van der Waals surface area contributed by atoms with Crippen molar-refractivity contribution >= 4 is 17.7 Å². The molecule has 2 heterocycles. The third-order valence-corrected chi connectivity index (χ3v) is 6.47. The molecular weight excluding hydrogens is 384 g/mol. The van der Waals surface area contributed by atoms with Crippen molar-refractivity contribution in [1.82, 2.24) is 25.1 Å². The molecule has 0 aromatic carbocycles. The first-order chi connectivity index (χ1) is 14.0. The predicted molar refractivity (Wildman–Crippen MR) is 116 cm³/mol. The molecule has 3 rings (SSSR count). The van der Waals surface area contributed by atoms with E-state index in [0.29, 0.717) is 17.7 Å². The van der Waals surface area contributed by atoms with E-state index in [-0.39, 0.29) is 5.91 Å². The first-order valence-corrected chi connectivity index (χ1v) is 11.6. The molecule has 7 nitrogen and oxygen atoms in total. The maximum Gasteiger partial charge on any atom is 0.230 e. The van der Waals surface area contributed by atoms with Crippen LogP contribution in [-0.4, -0.2) is 58.1 Å². The first kappa shape index (κ1) is 21.8. The third kappa shape index (κ3) is 6.27. The lowest BCUT2D eigenvalue weighted by Crippen LogP contribution is -3.05. The second-order valence-corrected chi connectivity index (χ2v) is 9.17. The van der Waals surface area contributed by atoms with Crippen LogP contribution in [0.3, 0.4) is 0 Å². The highest BCUT2D eigenvalue weighted by molar-refractivity contribution is 7.99. The zero-order valence-electron chi connectivity index (χ0n) is 17.7. The average molecular weight is 418 g/mol. The lowest BCUT2D eigenvalue weighted by molar-refractivity contribution is -0.858. The van der Waals surface area contributed by atoms with E-state index in [1.54, 1.807) is 12.4 Å². The number of hydrogen-bond acceptors (Lipinski definition) is 5. The fourth-order valence-electron chi connectivity index (χ4n) is 3.81. The molecule has 0 saturated heterocycles. The number of carbonyl (C=O) groups is 1. The summed E-state index contributed by atoms with van der Waals surface area (Å²) in [5.74, 6) is 1.86. The molecule has 2 N–H and O–H groups in total. The van der Waals surface area contributed by atoms with Crippen molar-refractivity contribution in [3.05, 3.63) is 24.5 Å². The Kier molecular flexibility index (Phi) is 8.06. The van der Waals surface area contributed by atoms with E-state index in [4.69, 9.17) is 0 Å². The van der Waals surface area contributed by atoms with Crippen molar-refractivity contribution in [3.8, 4) is 11.4 Å². The van der Waals surface area contributed by atoms with Gasteiger partial charge < -0.3 is 14.8 Å². The Balaban J connectivity index is 1.65. The van der Waals surface area contributed by atoms with Crippen molar-refractivity contribution < 1.29 is 9.69 Å². The van der Waals surface area contributed by atoms with Gasteiger partial charge in [-0.2, -0.15) is 0 Å². The van der Waals surface area contributed by atoms with Crippen LogP contribution in [0.4, 0.5) is 0 Å². The van der Waals surface area contributed by atoms with Gasteiger partial charge in [-0.3, -0.25) is 9.78 Å². The van der Waals surface area contributed by atoms with Gasteiger partial charge in [0, 0.05) is 37.0 Å². The van der Waals surface area contributed by atoms with Crippen LogP contribution in [0, 0.1) is 5.92 Å². The zero-order chi connectivity index (χ0) is 20.6. The molecule has 1 aliphatic carbocycles. The highest BCUT2D eigenvalue weighted by Gasteiger charge is 2.23. The molecule has 2 aromatic rings. The van der Waals surface area contributed by atoms with Crippen molar-refractivity contribution in [2.45, 2.75) is 56.8 Å². The molecule has 158 valence electrons. The quantitative estimate of drug-likeness (QED) is 0.607. The number of nitrogens with zero attached hydrogens (tertiary/aromatic N) is 4. The standard InChI is InChI=1S/C21H32N6OS/c1-16-7-4-5-8-18(16)23-19(28)15-29-21-25-24-20(17-9-11-22-12-10-17)27(21)14-6-13-26(2)3/h9-12,16,18H,4-8,13-15H2,1-3H3,(H,23,28)/p+1/t16-,18-/m1/s1. The predicted octanol–water partition coefficient (Wildman–Crippen LogP) is 1.66. The molecule has 0 radical (unpaired) electrons. The van der Waals surface area contributed by atoms with Crippen LogP contribution in [0.15, 0.2) is 29.7 Å². The number of amides is 1. The summed E-state index contributed by atoms with van der Waals surface area (Å²) in [4.78, 5) is 18.0. The molecule has 2 atom stereocenters. The van der Waals surface area contributed by atoms with Crippen molar-refractivity contribution in [1.29, 1.82) is 0 Å². The fourth-order valence-corrected chi connectivity index (χ4v) is 4.59. The second-order valence-electron chi connectivity index (χ2n) is 8.23. The van der Waals surface area contributed by atoms with Crippen LogP contribution in [0.1, 0.15) is 39.0 Å². The minimum atomic E-state index is 0.0893. The van der Waals surface area contributed by atoms with Gasteiger partial charge in [-0.25, -0.2) is 0 Å². The fraction of sp³-hybridized carbons (Fsp3) is 0.619. The normalized spacial score (nSPS) is 19.4. The number of pyridine rings is 1. The first-order valence-electron chi connectivity index (χ1n) is 10.6. The Labute approximate surface area is 177 Å². The van der Waals surface area contributed by atoms with E-state index in [2.05, 4.69) is 46.1 Å². The Bertz CT molecular complexity index is 779. The lowest BCUT2D eigenvalue weighted by atomic mass is 9.86. The second kappa shape index (κ2) is 10.7. The Morgan fingerprint density at radius 3 is 2.72 bits per heavy atom. The molecule has 0 aliphatic heterocycles. The minimum Gasteiger partial charge on any atom is -0.352 e. The molecule has 29 heavy (non-hydrogen) atoms. The maximum atomic E-state index is 12.5. The van der Waals surface area contributed by atoms with E-state index in [0.717, 1.165) is 42.5 Å². The van der Waals surface area contributed by atoms with Crippen molar-refractivity contribution in [3.63, 3.8) is 0 Å². The molecule has 1 amide bonds. The van der Waals surface area contributed by atoms with Gasteiger partial charge in [0.25, 0.3) is 0 Å². The molecular formula is C21H33N6OS+. The van der Waals surface area contributed by atoms with Gasteiger partial charge in [-0.05, 0) is 30.9 Å². The number of rotatable bonds is 9. The van der Waals surface area contributed by atoms with Gasteiger partial charge in [0.15, 0.2) is 11.0 Å². The van der Waals surface area contributed by atoms with E-state index in [9.17, 15) is 4.79 Å². The number of nitrogens with one attached hydrogen (secondary N) is 2. The highest BCUT2D eigenvalue weighted by Crippen LogP contribution is 2.25. The number of carbonyl (C=O) groups excluding carboxylic acids is 1. The number of aromatic nitrogens is 4. The SMILES string of the molecule is C[C@@H]1CCCC[C@H]1NC(=O)CSc1nnc(-c2ccncc2)n1CCC[NH+](C)C. The van der Waals surface area contributed by atoms with Gasteiger partial charge in [0.05, 0.1) is 26.4 Å². The number of thioether (sulfide) groups is 1. The van der Waals surface area contributed by atoms with Crippen LogP contribution in [0.25, 0.3) is 11.4 Å². The largest absolute Gasteiger partial charge is 0.352 e. The summed E-state index contributed by atoms with van der Waals surface area (Å²) in [6.45, 7) is 4.14. The summed E-state index contributed by atoms with van der Waals surface area (Å²) >= 11 is 1.47. The molecule has 1 fully saturated rings. The Morgan fingerprint density at radius 2 is 2.00 bits per heavy atom. The van der Waals surface area contributed by atoms with Crippen LogP contribution >= 0.6 is 11.8 Å². The van der Waals surface area contributed by atoms with Crippen LogP contribution < -0.4 is 10.2 Å². The van der Waals surface area contributed by atoms with Crippen LogP contribution in [-0.2, 0) is 11.3 Å². The zero-order valence-corrected chi connectivity index (χ0v) is 18.5. The monoisotopic (exact) mass is 417 g/mol. The number of quaternary nitrogens is 1. The topological polar surface area (TPSA) is 77.1 Å². The molecule has 0 unspecified atom stereocenters. The maximum absolute atomic E-state index is 12.5. The summed E-state index contributed by atoms with van der Waals surface area (Å²) in [7, 11) is 4.31. The van der Waals surface area contributed by atoms with E-state index >= 15 is 0 Å². The molecule has 1 saturated carbocycles. The smallest absolute Gasteiger partial charge is 0.230 e. The Morgan fingerprint density at radius 1 is 1.24 bits per heavy atom. The average Bonchev–Trinajstić information content (AvgIpc) is 3.11. The van der Waals surface area contributed by atoms with Crippen molar-refractivity contribution in [2.75, 3.05) is 26.4 Å². The van der Waals surface area contributed by atoms with Gasteiger partial charge in [-0.15, -0.1) is 10.2 Å². The highest BCUT2D eigenvalue weighted by atomic mass is 32.2. The molecule has 0 spiro atoms. The van der Waals surface area contributed by atoms with E-state index < -0.39 is 0 Å². The summed E-state index contributed by atoms with van der Waals surface area (Å²) in [6, 6.07) is 4.21. The molecule has 0 bridgehead atoms. The summed E-state index contributed by atoms with van der Waals surface area (Å²) in [6.07, 6.45) is 9.34. The summed E-state index contributed by atoms with van der Waals surface area (Å²) in [5.41, 5.74) is 0.997. The summed E-state index contributed by atoms with van der Waals surface area (Å²) in [5, 5.41) is 12.8. The van der Waals surface area contributed by atoms with Crippen LogP contribution in [0.5, 0.6) is 0 Å². The minimum absolute atomic E-state index is 0.0893. The molecule has 8 heteroatoms. The van der Waals surface area contributed by atoms with Gasteiger partial charge in [-0.1, -0.05) is 31.5 Å². The van der Waals surface area contributed by atoms with Gasteiger partial charge >= 0.3 is 0 Å². The third-order valence-electron chi connectivity index (χ3n) is 5.50. The summed E-state index contributed by atoms with van der Waals surface area (Å²) < 4.78 is 2.14. The van der Waals surface area contributed by atoms with Gasteiger partial charge in [0.2, 0.25) is 5.91 Å². The Hall–Kier alpha value is -1.93. The number of hydrogen-bond donors (Lipinski definition) is 2. The van der Waals surface area contributed by atoms with E-state index in [1.807, 2.05) is 12.1 Å². The lowest BCUT2D eigenvalue weighted by Gasteiger charge is -2.29.